The quantitative estimate of drug-likeness (QED) is 0.479. The summed E-state index contributed by atoms with van der Waals surface area (Å²) in [5.74, 6) is -0.0565. The summed E-state index contributed by atoms with van der Waals surface area (Å²) in [7, 11) is 0. The van der Waals surface area contributed by atoms with E-state index in [0.29, 0.717) is 6.54 Å². The summed E-state index contributed by atoms with van der Waals surface area (Å²) in [6.45, 7) is 0.565. The Bertz CT molecular complexity index is 329. The molecule has 0 aliphatic rings. The van der Waals surface area contributed by atoms with Crippen LogP contribution in [-0.4, -0.2) is 18.2 Å². The van der Waals surface area contributed by atoms with Gasteiger partial charge in [-0.2, -0.15) is 0 Å². The Morgan fingerprint density at radius 3 is 2.43 bits per heavy atom. The minimum atomic E-state index is -0.168. The first-order valence-corrected chi connectivity index (χ1v) is 4.38. The zero-order valence-electron chi connectivity index (χ0n) is 7.90. The lowest BCUT2D eigenvalue weighted by molar-refractivity contribution is 0.968. The Balaban J connectivity index is 2.43. The van der Waals surface area contributed by atoms with Crippen molar-refractivity contribution in [1.82, 2.24) is 0 Å². The van der Waals surface area contributed by atoms with Gasteiger partial charge in [-0.25, -0.2) is 0 Å². The molecule has 0 bridgehead atoms. The Morgan fingerprint density at radius 1 is 1.21 bits per heavy atom. The van der Waals surface area contributed by atoms with Gasteiger partial charge >= 0.3 is 0 Å². The van der Waals surface area contributed by atoms with E-state index in [1.54, 1.807) is 0 Å². The molecule has 1 aromatic rings. The standard InChI is InChI=1S/C10H14N4/c11-9(12)10(13)14-7-6-8-4-2-1-3-5-8/h1-5H,6-7H2,(H3,11,12)(H2,13,14). The predicted molar refractivity (Wildman–Crippen MR) is 58.5 cm³/mol. The number of rotatable bonds is 3. The second-order valence-electron chi connectivity index (χ2n) is 2.92. The van der Waals surface area contributed by atoms with E-state index in [2.05, 4.69) is 4.99 Å². The summed E-state index contributed by atoms with van der Waals surface area (Å²) in [6.07, 6.45) is 0.814. The highest BCUT2D eigenvalue weighted by Gasteiger charge is 1.94. The van der Waals surface area contributed by atoms with Gasteiger partial charge in [-0.05, 0) is 12.0 Å². The molecule has 0 heterocycles. The maximum absolute atomic E-state index is 7.01. The number of benzene rings is 1. The molecular weight excluding hydrogens is 176 g/mol. The van der Waals surface area contributed by atoms with Crippen molar-refractivity contribution in [3.63, 3.8) is 0 Å². The largest absolute Gasteiger partial charge is 0.381 e. The fourth-order valence-electron chi connectivity index (χ4n) is 1.04. The number of nitrogens with two attached hydrogens (primary N) is 2. The second kappa shape index (κ2) is 5.01. The highest BCUT2D eigenvalue weighted by atomic mass is 14.9. The van der Waals surface area contributed by atoms with Crippen molar-refractivity contribution < 1.29 is 0 Å². The molecule has 0 radical (unpaired) electrons. The molecule has 74 valence electrons. The molecule has 0 aliphatic heterocycles. The molecule has 0 aliphatic carbocycles. The molecule has 0 spiro atoms. The first-order valence-electron chi connectivity index (χ1n) is 4.38. The Hall–Kier alpha value is -1.84. The van der Waals surface area contributed by atoms with Crippen LogP contribution in [0.25, 0.3) is 0 Å². The number of amidine groups is 2. The lowest BCUT2D eigenvalue weighted by Crippen LogP contribution is -2.30. The third kappa shape index (κ3) is 3.26. The van der Waals surface area contributed by atoms with Gasteiger partial charge in [0.15, 0.2) is 11.7 Å². The van der Waals surface area contributed by atoms with E-state index >= 15 is 0 Å². The molecule has 0 aromatic heterocycles. The molecule has 0 atom stereocenters. The van der Waals surface area contributed by atoms with Crippen LogP contribution in [0.3, 0.4) is 0 Å². The fraction of sp³-hybridized carbons (Fsp3) is 0.200. The van der Waals surface area contributed by atoms with E-state index in [1.807, 2.05) is 30.3 Å². The molecule has 0 amide bonds. The van der Waals surface area contributed by atoms with Crippen molar-refractivity contribution >= 4 is 11.7 Å². The summed E-state index contributed by atoms with van der Waals surface area (Å²) in [6, 6.07) is 9.98. The first kappa shape index (κ1) is 10.2. The molecule has 5 N–H and O–H groups in total. The predicted octanol–water partition coefficient (Wildman–Crippen LogP) is 0.522. The minimum absolute atomic E-state index is 0.112. The van der Waals surface area contributed by atoms with Gasteiger partial charge in [-0.3, -0.25) is 10.4 Å². The van der Waals surface area contributed by atoms with E-state index in [9.17, 15) is 0 Å². The van der Waals surface area contributed by atoms with Crippen LogP contribution in [0.5, 0.6) is 0 Å². The number of hydrogen-bond acceptors (Lipinski definition) is 2. The second-order valence-corrected chi connectivity index (χ2v) is 2.92. The van der Waals surface area contributed by atoms with E-state index in [4.69, 9.17) is 16.9 Å². The third-order valence-electron chi connectivity index (χ3n) is 1.80. The average molecular weight is 190 g/mol. The molecule has 1 aromatic carbocycles. The molecule has 0 fully saturated rings. The summed E-state index contributed by atoms with van der Waals surface area (Å²) in [4.78, 5) is 3.96. The average Bonchev–Trinajstić information content (AvgIpc) is 2.19. The van der Waals surface area contributed by atoms with Crippen molar-refractivity contribution in [2.24, 2.45) is 16.5 Å². The Labute approximate surface area is 83.2 Å². The first-order chi connectivity index (χ1) is 6.70. The lowest BCUT2D eigenvalue weighted by atomic mass is 10.2. The molecule has 0 saturated carbocycles. The van der Waals surface area contributed by atoms with Crippen molar-refractivity contribution in [3.05, 3.63) is 35.9 Å². The Morgan fingerprint density at radius 2 is 1.86 bits per heavy atom. The number of aliphatic imine (C=N–C) groups is 1. The van der Waals surface area contributed by atoms with Gasteiger partial charge in [0.1, 0.15) is 0 Å². The van der Waals surface area contributed by atoms with Gasteiger partial charge in [0.2, 0.25) is 0 Å². The number of nitrogens with zero attached hydrogens (tertiary/aromatic N) is 1. The van der Waals surface area contributed by atoms with Gasteiger partial charge < -0.3 is 11.5 Å². The van der Waals surface area contributed by atoms with Crippen molar-refractivity contribution in [2.75, 3.05) is 6.54 Å². The monoisotopic (exact) mass is 190 g/mol. The van der Waals surface area contributed by atoms with Crippen LogP contribution in [0.1, 0.15) is 5.56 Å². The van der Waals surface area contributed by atoms with Gasteiger partial charge in [-0.15, -0.1) is 0 Å². The van der Waals surface area contributed by atoms with E-state index < -0.39 is 0 Å². The highest BCUT2D eigenvalue weighted by molar-refractivity contribution is 6.37. The van der Waals surface area contributed by atoms with Gasteiger partial charge in [-0.1, -0.05) is 30.3 Å². The van der Waals surface area contributed by atoms with Crippen LogP contribution < -0.4 is 11.5 Å². The molecule has 4 nitrogen and oxygen atoms in total. The van der Waals surface area contributed by atoms with Crippen molar-refractivity contribution in [2.45, 2.75) is 6.42 Å². The summed E-state index contributed by atoms with van der Waals surface area (Å²) in [5.41, 5.74) is 11.7. The minimum Gasteiger partial charge on any atom is -0.381 e. The number of nitrogens with one attached hydrogen (secondary N) is 1. The molecule has 1 rings (SSSR count). The normalized spacial score (nSPS) is 11.3. The van der Waals surface area contributed by atoms with E-state index in [-0.39, 0.29) is 11.7 Å². The molecule has 14 heavy (non-hydrogen) atoms. The maximum atomic E-state index is 7.01. The van der Waals surface area contributed by atoms with Crippen LogP contribution >= 0.6 is 0 Å². The summed E-state index contributed by atoms with van der Waals surface area (Å²) in [5, 5.41) is 7.01. The van der Waals surface area contributed by atoms with Crippen LogP contribution in [0.15, 0.2) is 35.3 Å². The molecule has 0 unspecified atom stereocenters. The molecular formula is C10H14N4. The zero-order valence-corrected chi connectivity index (χ0v) is 7.90. The highest BCUT2D eigenvalue weighted by Crippen LogP contribution is 1.99. The zero-order chi connectivity index (χ0) is 10.4. The van der Waals surface area contributed by atoms with Gasteiger partial charge in [0.05, 0.1) is 0 Å². The smallest absolute Gasteiger partial charge is 0.161 e. The Kier molecular flexibility index (Phi) is 3.67. The third-order valence-corrected chi connectivity index (χ3v) is 1.80. The summed E-state index contributed by atoms with van der Waals surface area (Å²) < 4.78 is 0. The number of hydrogen-bond donors (Lipinski definition) is 3. The fourth-order valence-corrected chi connectivity index (χ4v) is 1.04. The van der Waals surface area contributed by atoms with Crippen LogP contribution in [0.2, 0.25) is 0 Å². The SMILES string of the molecule is N=C(N)C(N)=NCCc1ccccc1. The van der Waals surface area contributed by atoms with Crippen molar-refractivity contribution in [3.8, 4) is 0 Å². The van der Waals surface area contributed by atoms with Gasteiger partial charge in [0.25, 0.3) is 0 Å². The van der Waals surface area contributed by atoms with E-state index in [1.165, 1.54) is 5.56 Å². The van der Waals surface area contributed by atoms with Crippen LogP contribution in [0.4, 0.5) is 0 Å². The maximum Gasteiger partial charge on any atom is 0.161 e. The van der Waals surface area contributed by atoms with Crippen LogP contribution in [-0.2, 0) is 6.42 Å². The summed E-state index contributed by atoms with van der Waals surface area (Å²) >= 11 is 0. The van der Waals surface area contributed by atoms with Gasteiger partial charge in [0, 0.05) is 6.54 Å². The molecule has 0 saturated heterocycles. The molecule has 4 heteroatoms. The lowest BCUT2D eigenvalue weighted by Gasteiger charge is -1.98. The van der Waals surface area contributed by atoms with E-state index in [0.717, 1.165) is 6.42 Å². The van der Waals surface area contributed by atoms with Crippen LogP contribution in [0, 0.1) is 5.41 Å². The topological polar surface area (TPSA) is 88.2 Å². The van der Waals surface area contributed by atoms with Crippen molar-refractivity contribution in [1.29, 1.82) is 5.41 Å².